The van der Waals surface area contributed by atoms with E-state index in [0.717, 1.165) is 24.7 Å². The second kappa shape index (κ2) is 7.97. The van der Waals surface area contributed by atoms with Crippen molar-refractivity contribution in [3.05, 3.63) is 65.7 Å². The highest BCUT2D eigenvalue weighted by Gasteiger charge is 2.20. The molecule has 1 N–H and O–H groups in total. The Labute approximate surface area is 143 Å². The smallest absolute Gasteiger partial charge is 0.201 e. The Kier molecular flexibility index (Phi) is 5.49. The third kappa shape index (κ3) is 4.59. The van der Waals surface area contributed by atoms with Crippen molar-refractivity contribution in [2.75, 3.05) is 6.54 Å². The third-order valence-corrected chi connectivity index (χ3v) is 3.98. The average molecular weight is 324 g/mol. The van der Waals surface area contributed by atoms with Crippen molar-refractivity contribution in [2.24, 2.45) is 4.99 Å². The van der Waals surface area contributed by atoms with Crippen LogP contribution in [0, 0.1) is 0 Å². The molecule has 4 nitrogen and oxygen atoms in total. The Morgan fingerprint density at radius 1 is 1.12 bits per heavy atom. The van der Waals surface area contributed by atoms with Crippen LogP contribution in [-0.2, 0) is 17.9 Å². The zero-order valence-electron chi connectivity index (χ0n) is 14.2. The van der Waals surface area contributed by atoms with Gasteiger partial charge in [0.1, 0.15) is 18.5 Å². The maximum absolute atomic E-state index is 5.81. The summed E-state index contributed by atoms with van der Waals surface area (Å²) in [6.07, 6.45) is 0.199. The molecule has 3 rings (SSSR count). The predicted molar refractivity (Wildman–Crippen MR) is 96.4 cm³/mol. The van der Waals surface area contributed by atoms with Crippen LogP contribution in [0.25, 0.3) is 0 Å². The molecule has 0 saturated heterocycles. The Bertz CT molecular complexity index is 668. The van der Waals surface area contributed by atoms with Gasteiger partial charge < -0.3 is 14.8 Å². The van der Waals surface area contributed by atoms with E-state index in [9.17, 15) is 0 Å². The number of nitrogens with zero attached hydrogens (tertiary/aromatic N) is 1. The van der Waals surface area contributed by atoms with E-state index in [1.807, 2.05) is 37.3 Å². The van der Waals surface area contributed by atoms with Crippen molar-refractivity contribution in [3.8, 4) is 5.75 Å². The van der Waals surface area contributed by atoms with E-state index in [2.05, 4.69) is 41.5 Å². The van der Waals surface area contributed by atoms with Crippen molar-refractivity contribution in [1.29, 1.82) is 0 Å². The molecule has 126 valence electrons. The van der Waals surface area contributed by atoms with Crippen LogP contribution in [0.1, 0.15) is 25.0 Å². The molecule has 24 heavy (non-hydrogen) atoms. The molecule has 2 unspecified atom stereocenters. The van der Waals surface area contributed by atoms with E-state index in [1.165, 1.54) is 11.1 Å². The zero-order chi connectivity index (χ0) is 16.8. The summed E-state index contributed by atoms with van der Waals surface area (Å²) < 4.78 is 11.5. The van der Waals surface area contributed by atoms with Crippen LogP contribution in [0.15, 0.2) is 59.6 Å². The molecule has 4 heteroatoms. The fourth-order valence-corrected chi connectivity index (χ4v) is 2.54. The standard InChI is InChI=1S/C20H24N2O2/c1-15-12-22-20(24-15)16(2)21-13-17-8-10-19(11-9-17)23-14-18-6-4-3-5-7-18/h3-11,15-16,21H,12-14H2,1-2H3. The summed E-state index contributed by atoms with van der Waals surface area (Å²) in [5.74, 6) is 1.69. The van der Waals surface area contributed by atoms with Gasteiger partial charge in [0.05, 0.1) is 12.6 Å². The molecule has 0 amide bonds. The fourth-order valence-electron chi connectivity index (χ4n) is 2.54. The maximum atomic E-state index is 5.81. The van der Waals surface area contributed by atoms with E-state index in [1.54, 1.807) is 0 Å². The molecule has 1 heterocycles. The van der Waals surface area contributed by atoms with Crippen LogP contribution in [0.5, 0.6) is 5.75 Å². The minimum Gasteiger partial charge on any atom is -0.489 e. The molecule has 2 atom stereocenters. The van der Waals surface area contributed by atoms with Gasteiger partial charge in [-0.15, -0.1) is 0 Å². The molecule has 0 radical (unpaired) electrons. The van der Waals surface area contributed by atoms with Gasteiger partial charge in [-0.25, -0.2) is 0 Å². The van der Waals surface area contributed by atoms with Crippen molar-refractivity contribution in [2.45, 2.75) is 39.1 Å². The lowest BCUT2D eigenvalue weighted by atomic mass is 10.2. The first kappa shape index (κ1) is 16.5. The van der Waals surface area contributed by atoms with Gasteiger partial charge in [-0.2, -0.15) is 0 Å². The van der Waals surface area contributed by atoms with Crippen molar-refractivity contribution < 1.29 is 9.47 Å². The molecule has 0 fully saturated rings. The van der Waals surface area contributed by atoms with Gasteiger partial charge >= 0.3 is 0 Å². The lowest BCUT2D eigenvalue weighted by Gasteiger charge is -2.15. The van der Waals surface area contributed by atoms with E-state index in [-0.39, 0.29) is 12.1 Å². The molecule has 1 aliphatic heterocycles. The lowest BCUT2D eigenvalue weighted by molar-refractivity contribution is 0.233. The zero-order valence-corrected chi connectivity index (χ0v) is 14.2. The van der Waals surface area contributed by atoms with Crippen molar-refractivity contribution >= 4 is 5.90 Å². The normalized spacial score (nSPS) is 17.9. The van der Waals surface area contributed by atoms with E-state index in [0.29, 0.717) is 6.61 Å². The summed E-state index contributed by atoms with van der Waals surface area (Å²) in [5.41, 5.74) is 2.38. The van der Waals surface area contributed by atoms with Crippen molar-refractivity contribution in [1.82, 2.24) is 5.32 Å². The highest BCUT2D eigenvalue weighted by Crippen LogP contribution is 2.15. The highest BCUT2D eigenvalue weighted by atomic mass is 16.5. The molecule has 0 saturated carbocycles. The summed E-state index contributed by atoms with van der Waals surface area (Å²) in [6.45, 7) is 6.24. The monoisotopic (exact) mass is 324 g/mol. The van der Waals surface area contributed by atoms with Crippen LogP contribution in [-0.4, -0.2) is 24.6 Å². The molecule has 1 aliphatic rings. The molecule has 2 aromatic carbocycles. The quantitative estimate of drug-likeness (QED) is 0.847. The molecule has 0 aromatic heterocycles. The van der Waals surface area contributed by atoms with Gasteiger partial charge in [0, 0.05) is 6.54 Å². The second-order valence-corrected chi connectivity index (χ2v) is 6.13. The maximum Gasteiger partial charge on any atom is 0.201 e. The molecule has 2 aromatic rings. The average Bonchev–Trinajstić information content (AvgIpc) is 3.06. The first-order chi connectivity index (χ1) is 11.7. The van der Waals surface area contributed by atoms with Gasteiger partial charge in [-0.1, -0.05) is 42.5 Å². The first-order valence-corrected chi connectivity index (χ1v) is 8.41. The minimum atomic E-state index is 0.129. The topological polar surface area (TPSA) is 42.9 Å². The van der Waals surface area contributed by atoms with Gasteiger partial charge in [0.15, 0.2) is 0 Å². The Balaban J connectivity index is 1.46. The minimum absolute atomic E-state index is 0.129. The number of nitrogens with one attached hydrogen (secondary N) is 1. The Morgan fingerprint density at radius 3 is 2.54 bits per heavy atom. The van der Waals surface area contributed by atoms with E-state index in [4.69, 9.17) is 9.47 Å². The van der Waals surface area contributed by atoms with E-state index >= 15 is 0 Å². The third-order valence-electron chi connectivity index (χ3n) is 3.98. The van der Waals surface area contributed by atoms with Crippen molar-refractivity contribution in [3.63, 3.8) is 0 Å². The molecule has 0 spiro atoms. The van der Waals surface area contributed by atoms with Crippen LogP contribution in [0.2, 0.25) is 0 Å². The summed E-state index contributed by atoms with van der Waals surface area (Å²) in [7, 11) is 0. The lowest BCUT2D eigenvalue weighted by Crippen LogP contribution is -2.34. The number of benzene rings is 2. The highest BCUT2D eigenvalue weighted by molar-refractivity contribution is 5.82. The number of ether oxygens (including phenoxy) is 2. The van der Waals surface area contributed by atoms with Gasteiger partial charge in [0.25, 0.3) is 0 Å². The van der Waals surface area contributed by atoms with Crippen LogP contribution >= 0.6 is 0 Å². The van der Waals surface area contributed by atoms with Gasteiger partial charge in [0.2, 0.25) is 5.90 Å². The molecular weight excluding hydrogens is 300 g/mol. The van der Waals surface area contributed by atoms with Crippen LogP contribution < -0.4 is 10.1 Å². The van der Waals surface area contributed by atoms with E-state index < -0.39 is 0 Å². The number of aliphatic imine (C=N–C) groups is 1. The van der Waals surface area contributed by atoms with Gasteiger partial charge in [-0.3, -0.25) is 4.99 Å². The Morgan fingerprint density at radius 2 is 1.88 bits per heavy atom. The number of hydrogen-bond acceptors (Lipinski definition) is 4. The predicted octanol–water partition coefficient (Wildman–Crippen LogP) is 3.56. The van der Waals surface area contributed by atoms with Crippen LogP contribution in [0.4, 0.5) is 0 Å². The second-order valence-electron chi connectivity index (χ2n) is 6.13. The molecule has 0 bridgehead atoms. The number of rotatable bonds is 7. The first-order valence-electron chi connectivity index (χ1n) is 8.41. The summed E-state index contributed by atoms with van der Waals surface area (Å²) in [6, 6.07) is 18.5. The fraction of sp³-hybridized carbons (Fsp3) is 0.350. The molecular formula is C20H24N2O2. The van der Waals surface area contributed by atoms with Crippen LogP contribution in [0.3, 0.4) is 0 Å². The summed E-state index contributed by atoms with van der Waals surface area (Å²) in [5, 5.41) is 3.44. The molecule has 0 aliphatic carbocycles. The summed E-state index contributed by atoms with van der Waals surface area (Å²) in [4.78, 5) is 4.41. The summed E-state index contributed by atoms with van der Waals surface area (Å²) >= 11 is 0. The largest absolute Gasteiger partial charge is 0.489 e. The van der Waals surface area contributed by atoms with Gasteiger partial charge in [-0.05, 0) is 37.1 Å². The Hall–Kier alpha value is -2.33. The SMILES string of the molecule is CC1CN=C(C(C)NCc2ccc(OCc3ccccc3)cc2)O1. The number of hydrogen-bond donors (Lipinski definition) is 1.